The van der Waals surface area contributed by atoms with Gasteiger partial charge in [-0.1, -0.05) is 35.9 Å². The first-order valence-corrected chi connectivity index (χ1v) is 8.06. The predicted molar refractivity (Wildman–Crippen MR) is 84.9 cm³/mol. The van der Waals surface area contributed by atoms with Gasteiger partial charge in [0.25, 0.3) is 0 Å². The van der Waals surface area contributed by atoms with Crippen molar-refractivity contribution in [1.29, 1.82) is 0 Å². The van der Waals surface area contributed by atoms with E-state index in [0.717, 1.165) is 44.0 Å². The topological polar surface area (TPSA) is 29.0 Å². The van der Waals surface area contributed by atoms with E-state index in [4.69, 9.17) is 16.6 Å². The number of aromatic nitrogens is 2. The van der Waals surface area contributed by atoms with Crippen molar-refractivity contribution in [2.24, 2.45) is 0 Å². The minimum absolute atomic E-state index is 0.661. The maximum absolute atomic E-state index is 6.39. The van der Waals surface area contributed by atoms with Crippen LogP contribution in [0.5, 0.6) is 0 Å². The highest BCUT2D eigenvalue weighted by Crippen LogP contribution is 2.29. The summed E-state index contributed by atoms with van der Waals surface area (Å²) in [7, 11) is 0. The summed E-state index contributed by atoms with van der Waals surface area (Å²) in [6.45, 7) is 1.84. The van der Waals surface area contributed by atoms with E-state index in [-0.39, 0.29) is 0 Å². The maximum atomic E-state index is 6.39. The van der Waals surface area contributed by atoms with Crippen molar-refractivity contribution in [3.8, 4) is 0 Å². The second-order valence-electron chi connectivity index (χ2n) is 5.89. The number of nitrogens with zero attached hydrogens (tertiary/aromatic N) is 3. The molecule has 0 spiro atoms. The molecule has 3 nitrogen and oxygen atoms in total. The smallest absolute Gasteiger partial charge is 0.227 e. The van der Waals surface area contributed by atoms with Gasteiger partial charge >= 0.3 is 0 Å². The van der Waals surface area contributed by atoms with Crippen molar-refractivity contribution in [2.45, 2.75) is 38.6 Å². The molecule has 0 amide bonds. The molecule has 2 aliphatic rings. The normalized spacial score (nSPS) is 17.3. The van der Waals surface area contributed by atoms with E-state index in [1.165, 1.54) is 29.5 Å². The standard InChI is InChI=1S/C17H18ClN3/c18-16-14-7-3-4-8-15(14)19-17(20-16)21-10-9-12-5-1-2-6-13(12)11-21/h1-2,5-6H,3-4,7-11H2. The van der Waals surface area contributed by atoms with Crippen molar-refractivity contribution in [3.05, 3.63) is 51.8 Å². The van der Waals surface area contributed by atoms with E-state index in [1.807, 2.05) is 0 Å². The van der Waals surface area contributed by atoms with Crippen molar-refractivity contribution < 1.29 is 0 Å². The van der Waals surface area contributed by atoms with Gasteiger partial charge < -0.3 is 4.90 Å². The molecule has 0 bridgehead atoms. The van der Waals surface area contributed by atoms with Gasteiger partial charge in [0.15, 0.2) is 0 Å². The number of anilines is 1. The van der Waals surface area contributed by atoms with Crippen LogP contribution < -0.4 is 4.90 Å². The molecule has 1 aromatic heterocycles. The first-order chi connectivity index (χ1) is 10.3. The third-order valence-corrected chi connectivity index (χ3v) is 4.85. The molecule has 0 saturated heterocycles. The Balaban J connectivity index is 1.67. The maximum Gasteiger partial charge on any atom is 0.227 e. The highest BCUT2D eigenvalue weighted by atomic mass is 35.5. The monoisotopic (exact) mass is 299 g/mol. The molecule has 1 aliphatic carbocycles. The molecule has 0 radical (unpaired) electrons. The lowest BCUT2D eigenvalue weighted by Gasteiger charge is -2.30. The first-order valence-electron chi connectivity index (χ1n) is 7.68. The van der Waals surface area contributed by atoms with Gasteiger partial charge in [0, 0.05) is 18.7 Å². The van der Waals surface area contributed by atoms with E-state index >= 15 is 0 Å². The molecule has 2 heterocycles. The van der Waals surface area contributed by atoms with Crippen molar-refractivity contribution in [3.63, 3.8) is 0 Å². The van der Waals surface area contributed by atoms with Crippen LogP contribution in [0.25, 0.3) is 0 Å². The van der Waals surface area contributed by atoms with E-state index in [0.29, 0.717) is 5.15 Å². The van der Waals surface area contributed by atoms with Crippen LogP contribution >= 0.6 is 11.6 Å². The number of hydrogen-bond donors (Lipinski definition) is 0. The minimum atomic E-state index is 0.661. The molecule has 0 saturated carbocycles. The zero-order valence-corrected chi connectivity index (χ0v) is 12.7. The summed E-state index contributed by atoms with van der Waals surface area (Å²) in [5.41, 5.74) is 5.15. The zero-order valence-electron chi connectivity index (χ0n) is 12.0. The first kappa shape index (κ1) is 13.1. The molecular formula is C17H18ClN3. The quantitative estimate of drug-likeness (QED) is 0.754. The molecule has 1 aliphatic heterocycles. The van der Waals surface area contributed by atoms with Crippen LogP contribution in [0.4, 0.5) is 5.95 Å². The lowest BCUT2D eigenvalue weighted by Crippen LogP contribution is -2.32. The average molecular weight is 300 g/mol. The van der Waals surface area contributed by atoms with E-state index in [1.54, 1.807) is 0 Å². The Labute approximate surface area is 130 Å². The van der Waals surface area contributed by atoms with Gasteiger partial charge in [0.2, 0.25) is 5.95 Å². The van der Waals surface area contributed by atoms with Crippen molar-refractivity contribution in [1.82, 2.24) is 9.97 Å². The molecule has 4 rings (SSSR count). The summed E-state index contributed by atoms with van der Waals surface area (Å²) in [5.74, 6) is 0.801. The highest BCUT2D eigenvalue weighted by Gasteiger charge is 2.22. The van der Waals surface area contributed by atoms with Crippen LogP contribution in [-0.2, 0) is 25.8 Å². The van der Waals surface area contributed by atoms with E-state index in [2.05, 4.69) is 34.1 Å². The van der Waals surface area contributed by atoms with Crippen LogP contribution in [0.1, 0.15) is 35.2 Å². The number of aryl methyl sites for hydroxylation is 1. The zero-order chi connectivity index (χ0) is 14.2. The van der Waals surface area contributed by atoms with Gasteiger partial charge in [0.05, 0.1) is 5.69 Å². The molecule has 0 unspecified atom stereocenters. The third-order valence-electron chi connectivity index (χ3n) is 4.53. The second kappa shape index (κ2) is 5.30. The number of fused-ring (bicyclic) bond motifs is 2. The molecule has 0 N–H and O–H groups in total. The van der Waals surface area contributed by atoms with E-state index < -0.39 is 0 Å². The molecule has 2 aromatic rings. The third kappa shape index (κ3) is 2.40. The SMILES string of the molecule is Clc1nc(N2CCc3ccccc3C2)nc2c1CCCC2. The summed E-state index contributed by atoms with van der Waals surface area (Å²) in [4.78, 5) is 11.6. The molecule has 4 heteroatoms. The Morgan fingerprint density at radius 1 is 0.952 bits per heavy atom. The Kier molecular flexibility index (Phi) is 3.30. The Bertz CT molecular complexity index is 684. The van der Waals surface area contributed by atoms with Crippen molar-refractivity contribution >= 4 is 17.5 Å². The van der Waals surface area contributed by atoms with Gasteiger partial charge in [-0.25, -0.2) is 9.97 Å². The summed E-state index contributed by atoms with van der Waals surface area (Å²) in [5, 5.41) is 0.661. The number of hydrogen-bond acceptors (Lipinski definition) is 3. The Morgan fingerprint density at radius 2 is 1.76 bits per heavy atom. The van der Waals surface area contributed by atoms with E-state index in [9.17, 15) is 0 Å². The second-order valence-corrected chi connectivity index (χ2v) is 6.25. The summed E-state index contributed by atoms with van der Waals surface area (Å²) >= 11 is 6.39. The van der Waals surface area contributed by atoms with Gasteiger partial charge in [-0.15, -0.1) is 0 Å². The largest absolute Gasteiger partial charge is 0.336 e. The van der Waals surface area contributed by atoms with Gasteiger partial charge in [0.1, 0.15) is 5.15 Å². The molecule has 0 fully saturated rings. The summed E-state index contributed by atoms with van der Waals surface area (Å²) in [6, 6.07) is 8.62. The number of halogens is 1. The molecule has 108 valence electrons. The predicted octanol–water partition coefficient (Wildman–Crippen LogP) is 3.57. The molecule has 0 atom stereocenters. The lowest BCUT2D eigenvalue weighted by molar-refractivity contribution is 0.649. The van der Waals surface area contributed by atoms with Gasteiger partial charge in [-0.05, 0) is 43.2 Å². The van der Waals surface area contributed by atoms with Crippen LogP contribution in [0.15, 0.2) is 24.3 Å². The van der Waals surface area contributed by atoms with Crippen LogP contribution in [0.2, 0.25) is 5.15 Å². The fourth-order valence-electron chi connectivity index (χ4n) is 3.34. The fraction of sp³-hybridized carbons (Fsp3) is 0.412. The number of rotatable bonds is 1. The highest BCUT2D eigenvalue weighted by molar-refractivity contribution is 6.30. The molecule has 1 aromatic carbocycles. The lowest BCUT2D eigenvalue weighted by atomic mass is 9.97. The summed E-state index contributed by atoms with van der Waals surface area (Å²) < 4.78 is 0. The fourth-order valence-corrected chi connectivity index (χ4v) is 3.62. The van der Waals surface area contributed by atoms with Crippen LogP contribution in [-0.4, -0.2) is 16.5 Å². The minimum Gasteiger partial charge on any atom is -0.336 e. The molecule has 21 heavy (non-hydrogen) atoms. The van der Waals surface area contributed by atoms with Gasteiger partial charge in [-0.3, -0.25) is 0 Å². The van der Waals surface area contributed by atoms with Crippen LogP contribution in [0.3, 0.4) is 0 Å². The van der Waals surface area contributed by atoms with Crippen LogP contribution in [0, 0.1) is 0 Å². The summed E-state index contributed by atoms with van der Waals surface area (Å²) in [6.07, 6.45) is 5.52. The Morgan fingerprint density at radius 3 is 2.67 bits per heavy atom. The Hall–Kier alpha value is -1.61. The van der Waals surface area contributed by atoms with Crippen molar-refractivity contribution in [2.75, 3.05) is 11.4 Å². The van der Waals surface area contributed by atoms with Gasteiger partial charge in [-0.2, -0.15) is 0 Å². The number of benzene rings is 1. The molecular weight excluding hydrogens is 282 g/mol. The average Bonchev–Trinajstić information content (AvgIpc) is 2.54.